The Morgan fingerprint density at radius 2 is 2.40 bits per heavy atom. The van der Waals surface area contributed by atoms with Crippen molar-refractivity contribution >= 4 is 11.8 Å². The van der Waals surface area contributed by atoms with Crippen molar-refractivity contribution in [3.8, 4) is 0 Å². The summed E-state index contributed by atoms with van der Waals surface area (Å²) in [6, 6.07) is 0. The van der Waals surface area contributed by atoms with Crippen LogP contribution in [0.3, 0.4) is 0 Å². The second kappa shape index (κ2) is 9.46. The van der Waals surface area contributed by atoms with Crippen molar-refractivity contribution < 1.29 is 9.47 Å². The third-order valence-corrected chi connectivity index (χ3v) is 3.64. The number of hydrogen-bond donors (Lipinski definition) is 1. The Morgan fingerprint density at radius 3 is 3.13 bits per heavy atom. The summed E-state index contributed by atoms with van der Waals surface area (Å²) in [4.78, 5) is 0. The molecule has 1 unspecified atom stereocenters. The third-order valence-electron chi connectivity index (χ3n) is 2.45. The first-order valence-corrected chi connectivity index (χ1v) is 6.98. The molecule has 0 aliphatic carbocycles. The summed E-state index contributed by atoms with van der Waals surface area (Å²) in [6.07, 6.45) is 4.29. The predicted molar refractivity (Wildman–Crippen MR) is 65.7 cm³/mol. The van der Waals surface area contributed by atoms with E-state index in [0.29, 0.717) is 6.10 Å². The van der Waals surface area contributed by atoms with Gasteiger partial charge in [0, 0.05) is 26.0 Å². The fraction of sp³-hybridized carbons (Fsp3) is 1.00. The lowest BCUT2D eigenvalue weighted by atomic mass is 10.3. The summed E-state index contributed by atoms with van der Waals surface area (Å²) >= 11 is 2.02. The van der Waals surface area contributed by atoms with Gasteiger partial charge in [-0.05, 0) is 31.6 Å². The molecule has 90 valence electrons. The van der Waals surface area contributed by atoms with Gasteiger partial charge < -0.3 is 14.8 Å². The van der Waals surface area contributed by atoms with E-state index in [0.717, 1.165) is 26.3 Å². The van der Waals surface area contributed by atoms with Crippen molar-refractivity contribution in [3.05, 3.63) is 0 Å². The number of thioether (sulfide) groups is 1. The molecule has 1 aliphatic rings. The van der Waals surface area contributed by atoms with E-state index in [-0.39, 0.29) is 0 Å². The van der Waals surface area contributed by atoms with Crippen molar-refractivity contribution in [1.82, 2.24) is 5.32 Å². The number of ether oxygens (including phenoxy) is 2. The van der Waals surface area contributed by atoms with Crippen molar-refractivity contribution in [2.45, 2.75) is 25.4 Å². The van der Waals surface area contributed by atoms with Crippen LogP contribution in [0.25, 0.3) is 0 Å². The average Bonchev–Trinajstić information content (AvgIpc) is 2.75. The summed E-state index contributed by atoms with van der Waals surface area (Å²) in [6.45, 7) is 3.85. The fourth-order valence-corrected chi connectivity index (χ4v) is 2.63. The zero-order valence-electron chi connectivity index (χ0n) is 9.67. The summed E-state index contributed by atoms with van der Waals surface area (Å²) in [5, 5.41) is 3.35. The molecule has 0 spiro atoms. The summed E-state index contributed by atoms with van der Waals surface area (Å²) < 4.78 is 10.5. The Kier molecular flexibility index (Phi) is 8.38. The third kappa shape index (κ3) is 7.17. The molecule has 1 aliphatic heterocycles. The standard InChI is InChI=1S/C11H23NO2S/c1-13-8-6-12-5-3-9-15-10-11-4-2-7-14-11/h11-12H,2-10H2,1H3. The van der Waals surface area contributed by atoms with Gasteiger partial charge in [-0.15, -0.1) is 0 Å². The highest BCUT2D eigenvalue weighted by molar-refractivity contribution is 7.99. The largest absolute Gasteiger partial charge is 0.383 e. The lowest BCUT2D eigenvalue weighted by Gasteiger charge is -2.08. The Bertz CT molecular complexity index is 141. The Labute approximate surface area is 97.3 Å². The van der Waals surface area contributed by atoms with E-state index < -0.39 is 0 Å². The molecule has 0 amide bonds. The van der Waals surface area contributed by atoms with Crippen molar-refractivity contribution in [1.29, 1.82) is 0 Å². The smallest absolute Gasteiger partial charge is 0.0666 e. The highest BCUT2D eigenvalue weighted by Crippen LogP contribution is 2.17. The first-order valence-electron chi connectivity index (χ1n) is 5.82. The SMILES string of the molecule is COCCNCCCSCC1CCCO1. The predicted octanol–water partition coefficient (Wildman–Crippen LogP) is 1.52. The topological polar surface area (TPSA) is 30.5 Å². The normalized spacial score (nSPS) is 21.0. The first-order chi connectivity index (χ1) is 7.43. The minimum absolute atomic E-state index is 0.538. The minimum Gasteiger partial charge on any atom is -0.383 e. The Hall–Kier alpha value is 0.230. The van der Waals surface area contributed by atoms with Crippen LogP contribution in [0.15, 0.2) is 0 Å². The van der Waals surface area contributed by atoms with Crippen molar-refractivity contribution in [2.75, 3.05) is 44.9 Å². The molecular weight excluding hydrogens is 210 g/mol. The van der Waals surface area contributed by atoms with Crippen LogP contribution < -0.4 is 5.32 Å². The zero-order chi connectivity index (χ0) is 10.8. The van der Waals surface area contributed by atoms with Crippen LogP contribution in [0.5, 0.6) is 0 Å². The maximum absolute atomic E-state index is 5.56. The van der Waals surface area contributed by atoms with Gasteiger partial charge in [0.1, 0.15) is 0 Å². The second-order valence-corrected chi connectivity index (χ2v) is 4.96. The maximum Gasteiger partial charge on any atom is 0.0666 e. The van der Waals surface area contributed by atoms with Gasteiger partial charge >= 0.3 is 0 Å². The molecule has 0 radical (unpaired) electrons. The molecule has 0 aromatic rings. The highest BCUT2D eigenvalue weighted by atomic mass is 32.2. The quantitative estimate of drug-likeness (QED) is 0.612. The molecule has 15 heavy (non-hydrogen) atoms. The molecule has 4 heteroatoms. The average molecular weight is 233 g/mol. The van der Waals surface area contributed by atoms with Gasteiger partial charge in [-0.2, -0.15) is 11.8 Å². The van der Waals surface area contributed by atoms with Crippen LogP contribution in [0, 0.1) is 0 Å². The molecule has 0 aromatic carbocycles. The van der Waals surface area contributed by atoms with E-state index >= 15 is 0 Å². The monoisotopic (exact) mass is 233 g/mol. The lowest BCUT2D eigenvalue weighted by molar-refractivity contribution is 0.129. The number of hydrogen-bond acceptors (Lipinski definition) is 4. The van der Waals surface area contributed by atoms with E-state index in [2.05, 4.69) is 5.32 Å². The molecule has 0 bridgehead atoms. The van der Waals surface area contributed by atoms with Gasteiger partial charge in [0.15, 0.2) is 0 Å². The van der Waals surface area contributed by atoms with Gasteiger partial charge in [-0.3, -0.25) is 0 Å². The molecule has 1 saturated heterocycles. The van der Waals surface area contributed by atoms with Crippen molar-refractivity contribution in [2.24, 2.45) is 0 Å². The highest BCUT2D eigenvalue weighted by Gasteiger charge is 2.14. The lowest BCUT2D eigenvalue weighted by Crippen LogP contribution is -2.20. The van der Waals surface area contributed by atoms with Crippen LogP contribution >= 0.6 is 11.8 Å². The Balaban J connectivity index is 1.73. The molecule has 0 saturated carbocycles. The molecule has 1 rings (SSSR count). The van der Waals surface area contributed by atoms with E-state index in [1.165, 1.54) is 30.8 Å². The van der Waals surface area contributed by atoms with Crippen LogP contribution in [-0.4, -0.2) is 51.0 Å². The molecule has 3 nitrogen and oxygen atoms in total. The fourth-order valence-electron chi connectivity index (χ4n) is 1.59. The van der Waals surface area contributed by atoms with E-state index in [1.807, 2.05) is 11.8 Å². The number of methoxy groups -OCH3 is 1. The molecule has 0 aromatic heterocycles. The van der Waals surface area contributed by atoms with Crippen LogP contribution in [0.4, 0.5) is 0 Å². The van der Waals surface area contributed by atoms with Gasteiger partial charge in [0.2, 0.25) is 0 Å². The van der Waals surface area contributed by atoms with E-state index in [1.54, 1.807) is 7.11 Å². The summed E-state index contributed by atoms with van der Waals surface area (Å²) in [5.41, 5.74) is 0. The molecular formula is C11H23NO2S. The summed E-state index contributed by atoms with van der Waals surface area (Å²) in [7, 11) is 1.74. The van der Waals surface area contributed by atoms with E-state index in [9.17, 15) is 0 Å². The second-order valence-electron chi connectivity index (χ2n) is 3.81. The number of rotatable bonds is 9. The zero-order valence-corrected chi connectivity index (χ0v) is 10.5. The van der Waals surface area contributed by atoms with Crippen LogP contribution in [-0.2, 0) is 9.47 Å². The minimum atomic E-state index is 0.538. The molecule has 1 N–H and O–H groups in total. The Morgan fingerprint density at radius 1 is 1.47 bits per heavy atom. The maximum atomic E-state index is 5.56. The van der Waals surface area contributed by atoms with Crippen LogP contribution in [0.1, 0.15) is 19.3 Å². The first kappa shape index (κ1) is 13.3. The van der Waals surface area contributed by atoms with Crippen molar-refractivity contribution in [3.63, 3.8) is 0 Å². The van der Waals surface area contributed by atoms with Gasteiger partial charge in [-0.25, -0.2) is 0 Å². The summed E-state index contributed by atoms with van der Waals surface area (Å²) in [5.74, 6) is 2.41. The molecule has 1 heterocycles. The van der Waals surface area contributed by atoms with Gasteiger partial charge in [-0.1, -0.05) is 0 Å². The van der Waals surface area contributed by atoms with Gasteiger partial charge in [0.25, 0.3) is 0 Å². The molecule has 1 fully saturated rings. The van der Waals surface area contributed by atoms with E-state index in [4.69, 9.17) is 9.47 Å². The van der Waals surface area contributed by atoms with Crippen LogP contribution in [0.2, 0.25) is 0 Å². The number of nitrogens with one attached hydrogen (secondary N) is 1. The van der Waals surface area contributed by atoms with Gasteiger partial charge in [0.05, 0.1) is 12.7 Å². The molecule has 1 atom stereocenters.